The summed E-state index contributed by atoms with van der Waals surface area (Å²) in [6, 6.07) is 17.4. The third kappa shape index (κ3) is 4.57. The van der Waals surface area contributed by atoms with Crippen LogP contribution in [-0.2, 0) is 6.54 Å². The summed E-state index contributed by atoms with van der Waals surface area (Å²) in [7, 11) is 2.17. The van der Waals surface area contributed by atoms with Crippen LogP contribution in [-0.4, -0.2) is 52.8 Å². The Bertz CT molecular complexity index is 936. The smallest absolute Gasteiger partial charge is 0.123 e. The zero-order valence-electron chi connectivity index (χ0n) is 17.5. The van der Waals surface area contributed by atoms with Crippen molar-refractivity contribution < 1.29 is 4.39 Å². The standard InChI is InChI=1S/C24H29FN4/c1-18(2)19-4-6-20(7-5-19)24-16-22(17-28-14-12-27(3)13-15-28)26-29(24)23-10-8-21(25)9-11-23/h4-11,16,18H,12-15,17H2,1-3H3. The predicted molar refractivity (Wildman–Crippen MR) is 116 cm³/mol. The van der Waals surface area contributed by atoms with Gasteiger partial charge in [-0.3, -0.25) is 4.90 Å². The summed E-state index contributed by atoms with van der Waals surface area (Å²) in [5, 5.41) is 4.90. The van der Waals surface area contributed by atoms with Crippen LogP contribution < -0.4 is 0 Å². The van der Waals surface area contributed by atoms with Crippen LogP contribution in [0.1, 0.15) is 31.0 Å². The predicted octanol–water partition coefficient (Wildman–Crippen LogP) is 4.55. The molecule has 2 heterocycles. The third-order valence-electron chi connectivity index (χ3n) is 5.69. The lowest BCUT2D eigenvalue weighted by Gasteiger charge is -2.31. The lowest BCUT2D eigenvalue weighted by molar-refractivity contribution is 0.147. The fourth-order valence-electron chi connectivity index (χ4n) is 3.77. The maximum atomic E-state index is 13.5. The van der Waals surface area contributed by atoms with Gasteiger partial charge in [0.05, 0.1) is 17.1 Å². The van der Waals surface area contributed by atoms with Gasteiger partial charge in [0.15, 0.2) is 0 Å². The van der Waals surface area contributed by atoms with Crippen LogP contribution in [0.15, 0.2) is 54.6 Å². The van der Waals surface area contributed by atoms with Crippen LogP contribution in [0, 0.1) is 5.82 Å². The second-order valence-corrected chi connectivity index (χ2v) is 8.27. The Hall–Kier alpha value is -2.50. The van der Waals surface area contributed by atoms with E-state index in [9.17, 15) is 4.39 Å². The fraction of sp³-hybridized carbons (Fsp3) is 0.375. The number of piperazine rings is 1. The summed E-state index contributed by atoms with van der Waals surface area (Å²) in [5.41, 5.74) is 5.40. The highest BCUT2D eigenvalue weighted by atomic mass is 19.1. The second-order valence-electron chi connectivity index (χ2n) is 8.27. The molecule has 2 aromatic carbocycles. The Morgan fingerprint density at radius 1 is 0.931 bits per heavy atom. The number of halogens is 1. The topological polar surface area (TPSA) is 24.3 Å². The number of nitrogens with zero attached hydrogens (tertiary/aromatic N) is 4. The molecule has 152 valence electrons. The molecule has 0 radical (unpaired) electrons. The van der Waals surface area contributed by atoms with Crippen LogP contribution in [0.2, 0.25) is 0 Å². The highest BCUT2D eigenvalue weighted by molar-refractivity contribution is 5.63. The van der Waals surface area contributed by atoms with Gasteiger partial charge >= 0.3 is 0 Å². The van der Waals surface area contributed by atoms with E-state index in [1.807, 2.05) is 4.68 Å². The van der Waals surface area contributed by atoms with E-state index >= 15 is 0 Å². The molecular weight excluding hydrogens is 363 g/mol. The van der Waals surface area contributed by atoms with E-state index in [-0.39, 0.29) is 5.82 Å². The first-order valence-corrected chi connectivity index (χ1v) is 10.4. The largest absolute Gasteiger partial charge is 0.304 e. The summed E-state index contributed by atoms with van der Waals surface area (Å²) in [4.78, 5) is 4.80. The minimum Gasteiger partial charge on any atom is -0.304 e. The molecule has 4 rings (SSSR count). The number of hydrogen-bond acceptors (Lipinski definition) is 3. The molecular formula is C24H29FN4. The minimum atomic E-state index is -0.235. The Morgan fingerprint density at radius 3 is 2.21 bits per heavy atom. The molecule has 1 saturated heterocycles. The lowest BCUT2D eigenvalue weighted by atomic mass is 10.0. The van der Waals surface area contributed by atoms with Crippen molar-refractivity contribution >= 4 is 0 Å². The Labute approximate surface area is 172 Å². The summed E-state index contributed by atoms with van der Waals surface area (Å²) < 4.78 is 15.4. The third-order valence-corrected chi connectivity index (χ3v) is 5.69. The van der Waals surface area contributed by atoms with Crippen LogP contribution >= 0.6 is 0 Å². The molecule has 0 aliphatic carbocycles. The zero-order chi connectivity index (χ0) is 20.4. The van der Waals surface area contributed by atoms with Gasteiger partial charge in [0.1, 0.15) is 5.82 Å². The van der Waals surface area contributed by atoms with Crippen molar-refractivity contribution in [1.29, 1.82) is 0 Å². The van der Waals surface area contributed by atoms with Crippen LogP contribution in [0.4, 0.5) is 4.39 Å². The van der Waals surface area contributed by atoms with E-state index in [1.165, 1.54) is 17.7 Å². The molecule has 0 unspecified atom stereocenters. The average Bonchev–Trinajstić information content (AvgIpc) is 3.14. The van der Waals surface area contributed by atoms with E-state index in [1.54, 1.807) is 12.1 Å². The first-order chi connectivity index (χ1) is 14.0. The number of aromatic nitrogens is 2. The Balaban J connectivity index is 1.67. The summed E-state index contributed by atoms with van der Waals surface area (Å²) in [5.74, 6) is 0.264. The molecule has 1 aromatic heterocycles. The van der Waals surface area contributed by atoms with Gasteiger partial charge in [-0.25, -0.2) is 9.07 Å². The van der Waals surface area contributed by atoms with E-state index < -0.39 is 0 Å². The van der Waals surface area contributed by atoms with Crippen molar-refractivity contribution in [3.63, 3.8) is 0 Å². The van der Waals surface area contributed by atoms with Crippen molar-refractivity contribution in [2.24, 2.45) is 0 Å². The molecule has 1 aliphatic rings. The van der Waals surface area contributed by atoms with Crippen molar-refractivity contribution in [1.82, 2.24) is 19.6 Å². The molecule has 1 fully saturated rings. The highest BCUT2D eigenvalue weighted by Gasteiger charge is 2.18. The van der Waals surface area contributed by atoms with E-state index in [4.69, 9.17) is 5.10 Å². The Morgan fingerprint density at radius 2 is 1.59 bits per heavy atom. The molecule has 0 amide bonds. The van der Waals surface area contributed by atoms with Gasteiger partial charge in [-0.1, -0.05) is 38.1 Å². The molecule has 0 N–H and O–H groups in total. The van der Waals surface area contributed by atoms with Crippen molar-refractivity contribution in [3.8, 4) is 16.9 Å². The summed E-state index contributed by atoms with van der Waals surface area (Å²) in [6.45, 7) is 9.51. The van der Waals surface area contributed by atoms with Crippen molar-refractivity contribution in [3.05, 3.63) is 71.7 Å². The highest BCUT2D eigenvalue weighted by Crippen LogP contribution is 2.27. The van der Waals surface area contributed by atoms with E-state index in [0.717, 1.165) is 55.4 Å². The molecule has 5 heteroatoms. The zero-order valence-corrected chi connectivity index (χ0v) is 17.5. The van der Waals surface area contributed by atoms with Crippen LogP contribution in [0.5, 0.6) is 0 Å². The molecule has 0 saturated carbocycles. The first-order valence-electron chi connectivity index (χ1n) is 10.4. The molecule has 0 bridgehead atoms. The van der Waals surface area contributed by atoms with Gasteiger partial charge in [-0.15, -0.1) is 0 Å². The molecule has 0 atom stereocenters. The lowest BCUT2D eigenvalue weighted by Crippen LogP contribution is -2.43. The monoisotopic (exact) mass is 392 g/mol. The van der Waals surface area contributed by atoms with Crippen molar-refractivity contribution in [2.75, 3.05) is 33.2 Å². The molecule has 3 aromatic rings. The fourth-order valence-corrected chi connectivity index (χ4v) is 3.77. The Kier molecular flexibility index (Phi) is 5.79. The van der Waals surface area contributed by atoms with Crippen LogP contribution in [0.3, 0.4) is 0 Å². The quantitative estimate of drug-likeness (QED) is 0.637. The maximum absolute atomic E-state index is 13.5. The number of rotatable bonds is 5. The maximum Gasteiger partial charge on any atom is 0.123 e. The van der Waals surface area contributed by atoms with Gasteiger partial charge in [0, 0.05) is 38.3 Å². The second kappa shape index (κ2) is 8.47. The van der Waals surface area contributed by atoms with Crippen LogP contribution in [0.25, 0.3) is 16.9 Å². The number of hydrogen-bond donors (Lipinski definition) is 0. The van der Waals surface area contributed by atoms with Gasteiger partial charge in [0.25, 0.3) is 0 Å². The van der Waals surface area contributed by atoms with Gasteiger partial charge in [-0.05, 0) is 48.9 Å². The van der Waals surface area contributed by atoms with Gasteiger partial charge < -0.3 is 4.90 Å². The number of benzene rings is 2. The minimum absolute atomic E-state index is 0.235. The van der Waals surface area contributed by atoms with E-state index in [2.05, 4.69) is 61.0 Å². The molecule has 4 nitrogen and oxygen atoms in total. The summed E-state index contributed by atoms with van der Waals surface area (Å²) >= 11 is 0. The molecule has 29 heavy (non-hydrogen) atoms. The van der Waals surface area contributed by atoms with E-state index in [0.29, 0.717) is 5.92 Å². The molecule has 0 spiro atoms. The van der Waals surface area contributed by atoms with Gasteiger partial charge in [-0.2, -0.15) is 5.10 Å². The SMILES string of the molecule is CC(C)c1ccc(-c2cc(CN3CCN(C)CC3)nn2-c2ccc(F)cc2)cc1. The summed E-state index contributed by atoms with van der Waals surface area (Å²) in [6.07, 6.45) is 0. The first kappa shape index (κ1) is 19.8. The van der Waals surface area contributed by atoms with Crippen molar-refractivity contribution in [2.45, 2.75) is 26.3 Å². The van der Waals surface area contributed by atoms with Gasteiger partial charge in [0.2, 0.25) is 0 Å². The average molecular weight is 393 g/mol. The molecule has 1 aliphatic heterocycles. The number of likely N-dealkylation sites (N-methyl/N-ethyl adjacent to an activating group) is 1. The normalized spacial score (nSPS) is 15.9.